The molecule has 0 bridgehead atoms. The van der Waals surface area contributed by atoms with Gasteiger partial charge in [0.2, 0.25) is 5.91 Å². The number of aryl methyl sites for hydroxylation is 1. The van der Waals surface area contributed by atoms with E-state index in [1.807, 2.05) is 6.07 Å². The molecule has 248 valence electrons. The summed E-state index contributed by atoms with van der Waals surface area (Å²) in [7, 11) is 0. The molecular formula is C35H37F4N5O2S. The normalized spacial score (nSPS) is 12.8. The fourth-order valence-corrected chi connectivity index (χ4v) is 6.52. The number of carbonyl (C=O) groups excluding carboxylic acids is 1. The molecule has 2 aromatic carbocycles. The zero-order chi connectivity index (χ0) is 33.6. The molecule has 4 aromatic rings. The summed E-state index contributed by atoms with van der Waals surface area (Å²) in [5.74, 6) is -0.108. The minimum atomic E-state index is -4.42. The number of thioether (sulfide) groups is 1. The van der Waals surface area contributed by atoms with E-state index in [0.717, 1.165) is 54.9 Å². The lowest BCUT2D eigenvalue weighted by molar-refractivity contribution is -0.137. The van der Waals surface area contributed by atoms with E-state index in [0.29, 0.717) is 47.2 Å². The van der Waals surface area contributed by atoms with Gasteiger partial charge in [-0.1, -0.05) is 55.9 Å². The van der Waals surface area contributed by atoms with Gasteiger partial charge in [0, 0.05) is 42.7 Å². The Morgan fingerprint density at radius 1 is 0.936 bits per heavy atom. The molecule has 7 nitrogen and oxygen atoms in total. The van der Waals surface area contributed by atoms with Crippen LogP contribution in [0.1, 0.15) is 48.2 Å². The zero-order valence-electron chi connectivity index (χ0n) is 26.4. The number of amides is 1. The molecule has 5 rings (SSSR count). The fraction of sp³-hybridized carbons (Fsp3) is 0.371. The first-order chi connectivity index (χ1) is 22.5. The van der Waals surface area contributed by atoms with Crippen LogP contribution in [0.4, 0.5) is 17.6 Å². The number of benzene rings is 2. The van der Waals surface area contributed by atoms with Gasteiger partial charge in [0.1, 0.15) is 12.4 Å². The molecular weight excluding hydrogens is 630 g/mol. The van der Waals surface area contributed by atoms with Crippen LogP contribution < -0.4 is 5.56 Å². The van der Waals surface area contributed by atoms with Crippen molar-refractivity contribution in [1.82, 2.24) is 24.3 Å². The van der Waals surface area contributed by atoms with E-state index in [2.05, 4.69) is 23.7 Å². The number of pyridine rings is 1. The lowest BCUT2D eigenvalue weighted by Crippen LogP contribution is -2.41. The molecule has 0 unspecified atom stereocenters. The summed E-state index contributed by atoms with van der Waals surface area (Å²) in [5, 5.41) is 0.458. The van der Waals surface area contributed by atoms with Crippen molar-refractivity contribution in [2.75, 3.05) is 26.2 Å². The summed E-state index contributed by atoms with van der Waals surface area (Å²) in [6.45, 7) is 6.87. The maximum Gasteiger partial charge on any atom is 0.416 e. The van der Waals surface area contributed by atoms with Gasteiger partial charge < -0.3 is 9.80 Å². The first kappa shape index (κ1) is 34.3. The summed E-state index contributed by atoms with van der Waals surface area (Å²) in [5.41, 5.74) is 3.19. The molecule has 0 fully saturated rings. The van der Waals surface area contributed by atoms with Gasteiger partial charge in [-0.25, -0.2) is 9.37 Å². The van der Waals surface area contributed by atoms with Crippen LogP contribution in [0.2, 0.25) is 0 Å². The smallest absolute Gasteiger partial charge is 0.335 e. The van der Waals surface area contributed by atoms with Gasteiger partial charge in [0.15, 0.2) is 5.16 Å². The van der Waals surface area contributed by atoms with Crippen LogP contribution in [0.15, 0.2) is 76.8 Å². The van der Waals surface area contributed by atoms with Crippen molar-refractivity contribution in [1.29, 1.82) is 0 Å². The number of rotatable bonds is 13. The SMILES string of the molecule is CCN(CC)CCN(Cc1ccc(-c2ccc(C(F)(F)F)cc2)nc1)C(=O)Cn1c(SCc2ccc(F)cc2)nc2c(c1=O)CCC2. The van der Waals surface area contributed by atoms with Crippen molar-refractivity contribution in [2.24, 2.45) is 0 Å². The summed E-state index contributed by atoms with van der Waals surface area (Å²) < 4.78 is 53.9. The third-order valence-electron chi connectivity index (χ3n) is 8.37. The standard InChI is InChI=1S/C35H37F4N5O2S/c1-3-42(4-2)18-19-43(21-25-10-17-30(40-20-25)26-11-13-27(14-12-26)35(37,38)39)32(45)22-44-33(46)29-6-5-7-31(29)41-34(44)47-23-24-8-15-28(36)16-9-24/h8-17,20H,3-7,18-19,21-23H2,1-2H3. The molecule has 0 spiro atoms. The zero-order valence-corrected chi connectivity index (χ0v) is 27.2. The van der Waals surface area contributed by atoms with Crippen LogP contribution in [-0.2, 0) is 42.7 Å². The van der Waals surface area contributed by atoms with Gasteiger partial charge in [-0.05, 0) is 73.8 Å². The Morgan fingerprint density at radius 2 is 1.64 bits per heavy atom. The highest BCUT2D eigenvalue weighted by Crippen LogP contribution is 2.31. The molecule has 2 aromatic heterocycles. The second-order valence-corrected chi connectivity index (χ2v) is 12.4. The Labute approximate surface area is 275 Å². The van der Waals surface area contributed by atoms with E-state index < -0.39 is 11.7 Å². The molecule has 47 heavy (non-hydrogen) atoms. The Kier molecular flexibility index (Phi) is 11.1. The first-order valence-corrected chi connectivity index (χ1v) is 16.7. The van der Waals surface area contributed by atoms with E-state index in [4.69, 9.17) is 4.98 Å². The van der Waals surface area contributed by atoms with E-state index in [1.54, 1.807) is 29.3 Å². The maximum absolute atomic E-state index is 14.0. The van der Waals surface area contributed by atoms with Crippen molar-refractivity contribution in [2.45, 2.75) is 63.3 Å². The third kappa shape index (κ3) is 8.66. The Hall–Kier alpha value is -4.03. The lowest BCUT2D eigenvalue weighted by atomic mass is 10.1. The highest BCUT2D eigenvalue weighted by Gasteiger charge is 2.30. The number of carbonyl (C=O) groups is 1. The molecule has 0 aliphatic heterocycles. The van der Waals surface area contributed by atoms with E-state index in [1.165, 1.54) is 40.6 Å². The van der Waals surface area contributed by atoms with Crippen LogP contribution in [-0.4, -0.2) is 56.4 Å². The summed E-state index contributed by atoms with van der Waals surface area (Å²) in [6, 6.07) is 14.5. The van der Waals surface area contributed by atoms with Crippen LogP contribution in [0.3, 0.4) is 0 Å². The average Bonchev–Trinajstić information content (AvgIpc) is 3.55. The molecule has 0 saturated heterocycles. The second-order valence-electron chi connectivity index (χ2n) is 11.4. The quantitative estimate of drug-likeness (QED) is 0.0908. The van der Waals surface area contributed by atoms with Crippen molar-refractivity contribution < 1.29 is 22.4 Å². The van der Waals surface area contributed by atoms with E-state index >= 15 is 0 Å². The summed E-state index contributed by atoms with van der Waals surface area (Å²) >= 11 is 1.35. The molecule has 0 saturated carbocycles. The number of nitrogens with zero attached hydrogens (tertiary/aromatic N) is 5. The van der Waals surface area contributed by atoms with Gasteiger partial charge in [-0.3, -0.25) is 19.1 Å². The molecule has 1 aliphatic rings. The predicted molar refractivity (Wildman–Crippen MR) is 174 cm³/mol. The van der Waals surface area contributed by atoms with Crippen LogP contribution in [0.25, 0.3) is 11.3 Å². The predicted octanol–water partition coefficient (Wildman–Crippen LogP) is 6.61. The molecule has 2 heterocycles. The van der Waals surface area contributed by atoms with E-state index in [-0.39, 0.29) is 30.4 Å². The number of likely N-dealkylation sites (N-methyl/N-ethyl adjacent to an activating group) is 1. The highest BCUT2D eigenvalue weighted by atomic mass is 32.2. The minimum absolute atomic E-state index is 0.180. The summed E-state index contributed by atoms with van der Waals surface area (Å²) in [4.78, 5) is 40.8. The molecule has 0 N–H and O–H groups in total. The topological polar surface area (TPSA) is 71.3 Å². The number of aromatic nitrogens is 3. The Morgan fingerprint density at radius 3 is 2.28 bits per heavy atom. The van der Waals surface area contributed by atoms with Crippen molar-refractivity contribution in [3.05, 3.63) is 111 Å². The number of fused-ring (bicyclic) bond motifs is 1. The lowest BCUT2D eigenvalue weighted by Gasteiger charge is -2.27. The number of halogens is 4. The van der Waals surface area contributed by atoms with Gasteiger partial charge in [0.25, 0.3) is 5.56 Å². The average molecular weight is 668 g/mol. The monoisotopic (exact) mass is 667 g/mol. The first-order valence-electron chi connectivity index (χ1n) is 15.7. The van der Waals surface area contributed by atoms with Gasteiger partial charge in [-0.2, -0.15) is 13.2 Å². The number of hydrogen-bond acceptors (Lipinski definition) is 6. The molecule has 0 atom stereocenters. The van der Waals surface area contributed by atoms with Crippen molar-refractivity contribution in [3.8, 4) is 11.3 Å². The van der Waals surface area contributed by atoms with Gasteiger partial charge in [-0.15, -0.1) is 0 Å². The molecule has 1 amide bonds. The van der Waals surface area contributed by atoms with Crippen LogP contribution in [0, 0.1) is 5.82 Å². The van der Waals surface area contributed by atoms with E-state index in [9.17, 15) is 27.2 Å². The van der Waals surface area contributed by atoms with Gasteiger partial charge >= 0.3 is 6.18 Å². The third-order valence-corrected chi connectivity index (χ3v) is 9.42. The summed E-state index contributed by atoms with van der Waals surface area (Å²) in [6.07, 6.45) is -0.614. The number of alkyl halides is 3. The largest absolute Gasteiger partial charge is 0.416 e. The maximum atomic E-state index is 14.0. The Bertz CT molecular complexity index is 1720. The van der Waals surface area contributed by atoms with Crippen molar-refractivity contribution >= 4 is 17.7 Å². The molecule has 0 radical (unpaired) electrons. The van der Waals surface area contributed by atoms with Gasteiger partial charge in [0.05, 0.1) is 17.0 Å². The van der Waals surface area contributed by atoms with Crippen molar-refractivity contribution in [3.63, 3.8) is 0 Å². The molecule has 1 aliphatic carbocycles. The Balaban J connectivity index is 1.37. The fourth-order valence-electron chi connectivity index (χ4n) is 5.55. The molecule has 12 heteroatoms. The number of hydrogen-bond donors (Lipinski definition) is 0. The second kappa shape index (κ2) is 15.2. The minimum Gasteiger partial charge on any atom is -0.335 e. The van der Waals surface area contributed by atoms with Crippen LogP contribution in [0.5, 0.6) is 0 Å². The highest BCUT2D eigenvalue weighted by molar-refractivity contribution is 7.98. The van der Waals surface area contributed by atoms with Crippen LogP contribution >= 0.6 is 11.8 Å².